The van der Waals surface area contributed by atoms with Crippen LogP contribution in [0.5, 0.6) is 5.75 Å². The third-order valence-corrected chi connectivity index (χ3v) is 5.47. The zero-order valence-electron chi connectivity index (χ0n) is 20.0. The van der Waals surface area contributed by atoms with Gasteiger partial charge in [-0.3, -0.25) is 9.69 Å². The first-order valence-electron chi connectivity index (χ1n) is 11.3. The Morgan fingerprint density at radius 3 is 2.76 bits per heavy atom. The number of unbranched alkanes of at least 4 members (excludes halogenated alkanes) is 1. The number of hydrogen-bond acceptors (Lipinski definition) is 7. The summed E-state index contributed by atoms with van der Waals surface area (Å²) in [6, 6.07) is 4.13. The Balaban J connectivity index is 1.97. The number of benzene rings is 1. The highest BCUT2D eigenvalue weighted by molar-refractivity contribution is 6.03. The number of aliphatic imine (C=N–C) groups is 1. The van der Waals surface area contributed by atoms with Crippen LogP contribution in [0.3, 0.4) is 0 Å². The molecule has 0 unspecified atom stereocenters. The van der Waals surface area contributed by atoms with Crippen molar-refractivity contribution >= 4 is 30.2 Å². The average Bonchev–Trinajstić information content (AvgIpc) is 2.77. The van der Waals surface area contributed by atoms with Gasteiger partial charge in [0.2, 0.25) is 11.9 Å². The number of amides is 2. The SMILES string of the molecule is COC(=O)c1ccc2c(c1)[C@H](N1C(=O)C[C@@H](CCCC=O)N/C1=N\C(=O)OC(C)(C)C)CCO2. The van der Waals surface area contributed by atoms with E-state index in [9.17, 15) is 19.2 Å². The molecule has 10 nitrogen and oxygen atoms in total. The summed E-state index contributed by atoms with van der Waals surface area (Å²) in [4.78, 5) is 54.2. The van der Waals surface area contributed by atoms with Crippen LogP contribution < -0.4 is 10.1 Å². The molecule has 10 heteroatoms. The number of hydrogen-bond donors (Lipinski definition) is 1. The number of carbonyl (C=O) groups is 4. The fourth-order valence-corrected chi connectivity index (χ4v) is 4.02. The Labute approximate surface area is 198 Å². The van der Waals surface area contributed by atoms with Gasteiger partial charge >= 0.3 is 12.1 Å². The molecule has 3 rings (SSSR count). The number of ether oxygens (including phenoxy) is 3. The molecule has 1 aromatic carbocycles. The maximum atomic E-state index is 13.3. The van der Waals surface area contributed by atoms with E-state index in [2.05, 4.69) is 10.3 Å². The number of carbonyl (C=O) groups excluding carboxylic acids is 4. The van der Waals surface area contributed by atoms with Gasteiger partial charge in [0.05, 0.1) is 25.3 Å². The minimum Gasteiger partial charge on any atom is -0.493 e. The first-order valence-corrected chi connectivity index (χ1v) is 11.3. The lowest BCUT2D eigenvalue weighted by Gasteiger charge is -2.41. The molecule has 0 saturated carbocycles. The van der Waals surface area contributed by atoms with Gasteiger partial charge in [0, 0.05) is 30.9 Å². The lowest BCUT2D eigenvalue weighted by molar-refractivity contribution is -0.131. The van der Waals surface area contributed by atoms with Crippen molar-refractivity contribution in [2.75, 3.05) is 13.7 Å². The van der Waals surface area contributed by atoms with E-state index in [4.69, 9.17) is 14.2 Å². The highest BCUT2D eigenvalue weighted by Gasteiger charge is 2.39. The van der Waals surface area contributed by atoms with Crippen molar-refractivity contribution in [1.29, 1.82) is 0 Å². The Morgan fingerprint density at radius 2 is 2.09 bits per heavy atom. The summed E-state index contributed by atoms with van der Waals surface area (Å²) in [7, 11) is 1.30. The molecule has 2 heterocycles. The number of aldehydes is 1. The number of fused-ring (bicyclic) bond motifs is 1. The quantitative estimate of drug-likeness (QED) is 0.380. The van der Waals surface area contributed by atoms with Gasteiger partial charge in [-0.15, -0.1) is 4.99 Å². The standard InChI is InChI=1S/C24H31N3O7/c1-24(2,3)34-23(31)26-22-25-16(7-5-6-11-28)14-20(29)27(22)18-10-12-33-19-9-8-15(13-17(18)19)21(30)32-4/h8-9,11,13,16,18H,5-7,10,12,14H2,1-4H3,(H,25,26,31)/t16-,18-/m1/s1. The number of rotatable bonds is 6. The summed E-state index contributed by atoms with van der Waals surface area (Å²) >= 11 is 0. The molecule has 34 heavy (non-hydrogen) atoms. The first-order chi connectivity index (χ1) is 16.1. The third kappa shape index (κ3) is 6.12. The van der Waals surface area contributed by atoms with Gasteiger partial charge in [-0.2, -0.15) is 0 Å². The lowest BCUT2D eigenvalue weighted by Crippen LogP contribution is -2.57. The Bertz CT molecular complexity index is 983. The highest BCUT2D eigenvalue weighted by Crippen LogP contribution is 2.38. The van der Waals surface area contributed by atoms with Crippen LogP contribution in [0.2, 0.25) is 0 Å². The number of esters is 1. The second-order valence-corrected chi connectivity index (χ2v) is 9.22. The Kier molecular flexibility index (Phi) is 7.90. The molecular weight excluding hydrogens is 442 g/mol. The molecule has 1 saturated heterocycles. The van der Waals surface area contributed by atoms with Crippen molar-refractivity contribution < 1.29 is 33.4 Å². The second kappa shape index (κ2) is 10.7. The van der Waals surface area contributed by atoms with Gasteiger partial charge in [0.1, 0.15) is 17.6 Å². The molecule has 2 amide bonds. The molecule has 0 aromatic heterocycles. The normalized spacial score (nSPS) is 21.2. The van der Waals surface area contributed by atoms with Gasteiger partial charge < -0.3 is 24.3 Å². The highest BCUT2D eigenvalue weighted by atomic mass is 16.6. The molecule has 2 aliphatic heterocycles. The Morgan fingerprint density at radius 1 is 1.32 bits per heavy atom. The van der Waals surface area contributed by atoms with E-state index in [-0.39, 0.29) is 24.3 Å². The van der Waals surface area contributed by atoms with E-state index in [1.807, 2.05) is 0 Å². The van der Waals surface area contributed by atoms with Crippen LogP contribution in [-0.2, 0) is 19.1 Å². The van der Waals surface area contributed by atoms with Crippen molar-refractivity contribution in [3.05, 3.63) is 29.3 Å². The molecule has 2 atom stereocenters. The number of methoxy groups -OCH3 is 1. The fraction of sp³-hybridized carbons (Fsp3) is 0.542. The minimum atomic E-state index is -0.822. The smallest absolute Gasteiger partial charge is 0.437 e. The molecule has 1 N–H and O–H groups in total. The zero-order valence-corrected chi connectivity index (χ0v) is 20.0. The molecule has 1 aromatic rings. The van der Waals surface area contributed by atoms with Crippen LogP contribution in [0, 0.1) is 0 Å². The van der Waals surface area contributed by atoms with E-state index in [1.54, 1.807) is 39.0 Å². The second-order valence-electron chi connectivity index (χ2n) is 9.22. The lowest BCUT2D eigenvalue weighted by atomic mass is 9.95. The van der Waals surface area contributed by atoms with E-state index in [1.165, 1.54) is 12.0 Å². The third-order valence-electron chi connectivity index (χ3n) is 5.47. The van der Waals surface area contributed by atoms with Crippen molar-refractivity contribution in [2.24, 2.45) is 4.99 Å². The van der Waals surface area contributed by atoms with Crippen molar-refractivity contribution in [3.63, 3.8) is 0 Å². The molecule has 0 radical (unpaired) electrons. The average molecular weight is 474 g/mol. The van der Waals surface area contributed by atoms with E-state index in [0.717, 1.165) is 6.29 Å². The van der Waals surface area contributed by atoms with Crippen LogP contribution in [0.4, 0.5) is 4.79 Å². The van der Waals surface area contributed by atoms with Gasteiger partial charge in [-0.05, 0) is 51.8 Å². The van der Waals surface area contributed by atoms with Crippen LogP contribution >= 0.6 is 0 Å². The first kappa shape index (κ1) is 25.2. The topological polar surface area (TPSA) is 124 Å². The summed E-state index contributed by atoms with van der Waals surface area (Å²) in [5.74, 6) is -0.101. The summed E-state index contributed by atoms with van der Waals surface area (Å²) in [6.07, 6.45) is 2.20. The zero-order chi connectivity index (χ0) is 24.9. The van der Waals surface area contributed by atoms with Gasteiger partial charge in [-0.1, -0.05) is 0 Å². The van der Waals surface area contributed by atoms with Crippen LogP contribution in [0.1, 0.15) is 74.8 Å². The van der Waals surface area contributed by atoms with Gasteiger partial charge in [-0.25, -0.2) is 9.59 Å². The molecule has 0 bridgehead atoms. The number of guanidine groups is 1. The Hall–Kier alpha value is -3.43. The molecule has 0 spiro atoms. The summed E-state index contributed by atoms with van der Waals surface area (Å²) in [5.41, 5.74) is 0.196. The van der Waals surface area contributed by atoms with E-state index < -0.39 is 23.7 Å². The van der Waals surface area contributed by atoms with E-state index >= 15 is 0 Å². The number of nitrogens with zero attached hydrogens (tertiary/aromatic N) is 2. The molecule has 184 valence electrons. The maximum Gasteiger partial charge on any atom is 0.437 e. The van der Waals surface area contributed by atoms with Crippen molar-refractivity contribution in [3.8, 4) is 5.75 Å². The van der Waals surface area contributed by atoms with Crippen molar-refractivity contribution in [2.45, 2.75) is 70.6 Å². The van der Waals surface area contributed by atoms with E-state index in [0.29, 0.717) is 49.2 Å². The minimum absolute atomic E-state index is 0.0860. The summed E-state index contributed by atoms with van der Waals surface area (Å²) in [5, 5.41) is 3.19. The maximum absolute atomic E-state index is 13.3. The molecular formula is C24H31N3O7. The predicted octanol–water partition coefficient (Wildman–Crippen LogP) is 3.15. The monoisotopic (exact) mass is 473 g/mol. The summed E-state index contributed by atoms with van der Waals surface area (Å²) in [6.45, 7) is 5.54. The predicted molar refractivity (Wildman–Crippen MR) is 123 cm³/mol. The van der Waals surface area contributed by atoms with Crippen LogP contribution in [-0.4, -0.2) is 60.5 Å². The molecule has 2 aliphatic rings. The number of nitrogens with one attached hydrogen (secondary N) is 1. The molecule has 1 fully saturated rings. The molecule has 0 aliphatic carbocycles. The van der Waals surface area contributed by atoms with Crippen LogP contribution in [0.25, 0.3) is 0 Å². The summed E-state index contributed by atoms with van der Waals surface area (Å²) < 4.78 is 15.9. The van der Waals surface area contributed by atoms with Crippen molar-refractivity contribution in [1.82, 2.24) is 10.2 Å². The fourth-order valence-electron chi connectivity index (χ4n) is 4.02. The van der Waals surface area contributed by atoms with Gasteiger partial charge in [0.25, 0.3) is 0 Å². The van der Waals surface area contributed by atoms with Gasteiger partial charge in [0.15, 0.2) is 0 Å². The largest absolute Gasteiger partial charge is 0.493 e. The van der Waals surface area contributed by atoms with Crippen LogP contribution in [0.15, 0.2) is 23.2 Å².